The molecule has 1 unspecified atom stereocenters. The van der Waals surface area contributed by atoms with Crippen molar-refractivity contribution in [3.63, 3.8) is 0 Å². The lowest BCUT2D eigenvalue weighted by molar-refractivity contribution is -0.116. The number of ketones is 1. The molecule has 1 atom stereocenters. The highest BCUT2D eigenvalue weighted by Crippen LogP contribution is 2.39. The van der Waals surface area contributed by atoms with Crippen LogP contribution in [0.4, 0.5) is 5.82 Å². The Kier molecular flexibility index (Phi) is 5.16. The number of Topliss-reactive ketones (excluding diaryl/α,β-unsaturated/α-hetero) is 1. The number of rotatable bonds is 6. The first-order valence-corrected chi connectivity index (χ1v) is 9.81. The smallest absolute Gasteiger partial charge is 0.226 e. The standard InChI is InChI=1S/C23H23N3O3/c1-3-13-29-19-12-8-7-11-17(19)22(28)18-14-20(27)24-23-21(18)15(2)25-26(23)16-9-5-4-6-10-16/h4-12,18H,3,13-14H2,1-2H3,(H,24,27). The Morgan fingerprint density at radius 3 is 2.66 bits per heavy atom. The number of para-hydroxylation sites is 2. The second-order valence-corrected chi connectivity index (χ2v) is 7.11. The Bertz CT molecular complexity index is 1060. The van der Waals surface area contributed by atoms with Crippen molar-refractivity contribution in [3.8, 4) is 11.4 Å². The topological polar surface area (TPSA) is 73.2 Å². The molecular formula is C23H23N3O3. The molecule has 1 aliphatic heterocycles. The Morgan fingerprint density at radius 1 is 1.17 bits per heavy atom. The molecule has 0 spiro atoms. The summed E-state index contributed by atoms with van der Waals surface area (Å²) in [4.78, 5) is 26.0. The lowest BCUT2D eigenvalue weighted by atomic mass is 9.85. The van der Waals surface area contributed by atoms with Crippen LogP contribution in [-0.4, -0.2) is 28.1 Å². The van der Waals surface area contributed by atoms with Crippen molar-refractivity contribution < 1.29 is 14.3 Å². The van der Waals surface area contributed by atoms with Gasteiger partial charge in [0.15, 0.2) is 5.78 Å². The molecule has 0 radical (unpaired) electrons. The summed E-state index contributed by atoms with van der Waals surface area (Å²) in [6, 6.07) is 16.8. The van der Waals surface area contributed by atoms with Crippen LogP contribution < -0.4 is 10.1 Å². The molecule has 1 amide bonds. The van der Waals surface area contributed by atoms with Gasteiger partial charge in [-0.1, -0.05) is 37.3 Å². The number of ether oxygens (including phenoxy) is 1. The number of hydrogen-bond donors (Lipinski definition) is 1. The second-order valence-electron chi connectivity index (χ2n) is 7.11. The maximum atomic E-state index is 13.5. The molecule has 4 rings (SSSR count). The molecule has 148 valence electrons. The summed E-state index contributed by atoms with van der Waals surface area (Å²) in [6.07, 6.45) is 0.941. The highest BCUT2D eigenvalue weighted by atomic mass is 16.5. The number of fused-ring (bicyclic) bond motifs is 1. The Labute approximate surface area is 169 Å². The van der Waals surface area contributed by atoms with Gasteiger partial charge in [0.05, 0.1) is 29.5 Å². The predicted molar refractivity (Wildman–Crippen MR) is 111 cm³/mol. The average Bonchev–Trinajstić information content (AvgIpc) is 3.08. The van der Waals surface area contributed by atoms with Crippen LogP contribution in [0.25, 0.3) is 5.69 Å². The lowest BCUT2D eigenvalue weighted by Crippen LogP contribution is -2.28. The minimum atomic E-state index is -0.595. The van der Waals surface area contributed by atoms with Crippen LogP contribution in [0.2, 0.25) is 0 Å². The molecule has 1 aliphatic rings. The van der Waals surface area contributed by atoms with Crippen LogP contribution >= 0.6 is 0 Å². The van der Waals surface area contributed by atoms with Crippen LogP contribution in [0.1, 0.15) is 47.3 Å². The first kappa shape index (κ1) is 18.9. The van der Waals surface area contributed by atoms with Gasteiger partial charge in [0.2, 0.25) is 5.91 Å². The highest BCUT2D eigenvalue weighted by molar-refractivity contribution is 6.09. The van der Waals surface area contributed by atoms with E-state index in [0.717, 1.165) is 23.4 Å². The molecule has 2 heterocycles. The monoisotopic (exact) mass is 389 g/mol. The number of benzene rings is 2. The molecule has 2 aromatic carbocycles. The van der Waals surface area contributed by atoms with Crippen LogP contribution in [0.3, 0.4) is 0 Å². The quantitative estimate of drug-likeness (QED) is 0.639. The zero-order chi connectivity index (χ0) is 20.4. The first-order chi connectivity index (χ1) is 14.1. The molecule has 0 bridgehead atoms. The summed E-state index contributed by atoms with van der Waals surface area (Å²) in [5.41, 5.74) is 2.83. The number of carbonyl (C=O) groups is 2. The van der Waals surface area contributed by atoms with Gasteiger partial charge in [-0.2, -0.15) is 5.10 Å². The third-order valence-electron chi connectivity index (χ3n) is 5.03. The third-order valence-corrected chi connectivity index (χ3v) is 5.03. The van der Waals surface area contributed by atoms with Gasteiger partial charge in [-0.15, -0.1) is 0 Å². The molecule has 6 heteroatoms. The van der Waals surface area contributed by atoms with Crippen LogP contribution in [0.5, 0.6) is 5.75 Å². The lowest BCUT2D eigenvalue weighted by Gasteiger charge is -2.24. The van der Waals surface area contributed by atoms with Gasteiger partial charge >= 0.3 is 0 Å². The third kappa shape index (κ3) is 3.53. The number of nitrogens with one attached hydrogen (secondary N) is 1. The van der Waals surface area contributed by atoms with Gasteiger partial charge in [-0.05, 0) is 37.6 Å². The largest absolute Gasteiger partial charge is 0.493 e. The summed E-state index contributed by atoms with van der Waals surface area (Å²) < 4.78 is 7.47. The minimum absolute atomic E-state index is 0.0925. The van der Waals surface area contributed by atoms with E-state index in [9.17, 15) is 9.59 Å². The molecule has 6 nitrogen and oxygen atoms in total. The highest BCUT2D eigenvalue weighted by Gasteiger charge is 2.37. The summed E-state index contributed by atoms with van der Waals surface area (Å²) >= 11 is 0. The molecule has 1 aromatic heterocycles. The number of nitrogens with zero attached hydrogens (tertiary/aromatic N) is 2. The average molecular weight is 389 g/mol. The van der Waals surface area contributed by atoms with E-state index in [4.69, 9.17) is 4.74 Å². The number of carbonyl (C=O) groups excluding carboxylic acids is 2. The first-order valence-electron chi connectivity index (χ1n) is 9.81. The van der Waals surface area contributed by atoms with Gasteiger partial charge < -0.3 is 10.1 Å². The van der Waals surface area contributed by atoms with E-state index < -0.39 is 5.92 Å². The SMILES string of the molecule is CCCOc1ccccc1C(=O)C1CC(=O)Nc2c1c(C)nn2-c1ccccc1. The second kappa shape index (κ2) is 7.91. The maximum absolute atomic E-state index is 13.5. The molecule has 1 N–H and O–H groups in total. The number of amides is 1. The number of hydrogen-bond acceptors (Lipinski definition) is 4. The molecule has 29 heavy (non-hydrogen) atoms. The van der Waals surface area contributed by atoms with E-state index in [2.05, 4.69) is 10.4 Å². The predicted octanol–water partition coefficient (Wildman–Crippen LogP) is 4.28. The number of aromatic nitrogens is 2. The van der Waals surface area contributed by atoms with Gasteiger partial charge in [0.1, 0.15) is 11.6 Å². The summed E-state index contributed by atoms with van der Waals surface area (Å²) in [7, 11) is 0. The van der Waals surface area contributed by atoms with Crippen molar-refractivity contribution in [3.05, 3.63) is 71.4 Å². The van der Waals surface area contributed by atoms with E-state index in [1.807, 2.05) is 56.3 Å². The molecule has 0 saturated heterocycles. The Morgan fingerprint density at radius 2 is 1.90 bits per heavy atom. The van der Waals surface area contributed by atoms with Crippen molar-refractivity contribution in [1.82, 2.24) is 9.78 Å². The van der Waals surface area contributed by atoms with Crippen molar-refractivity contribution in [2.75, 3.05) is 11.9 Å². The van der Waals surface area contributed by atoms with Crippen LogP contribution in [-0.2, 0) is 4.79 Å². The fourth-order valence-corrected chi connectivity index (χ4v) is 3.72. The molecular weight excluding hydrogens is 366 g/mol. The van der Waals surface area contributed by atoms with Crippen LogP contribution in [0.15, 0.2) is 54.6 Å². The Balaban J connectivity index is 1.78. The fraction of sp³-hybridized carbons (Fsp3) is 0.261. The minimum Gasteiger partial charge on any atom is -0.493 e. The number of anilines is 1. The Hall–Kier alpha value is -3.41. The zero-order valence-electron chi connectivity index (χ0n) is 16.5. The normalized spacial score (nSPS) is 15.5. The zero-order valence-corrected chi connectivity index (χ0v) is 16.5. The van der Waals surface area contributed by atoms with Crippen molar-refractivity contribution in [2.24, 2.45) is 0 Å². The summed E-state index contributed by atoms with van der Waals surface area (Å²) in [6.45, 7) is 4.42. The molecule has 3 aromatic rings. The van der Waals surface area contributed by atoms with E-state index >= 15 is 0 Å². The van der Waals surface area contributed by atoms with Gasteiger partial charge in [-0.25, -0.2) is 4.68 Å². The van der Waals surface area contributed by atoms with Gasteiger partial charge in [0.25, 0.3) is 0 Å². The molecule has 0 aliphatic carbocycles. The van der Waals surface area contributed by atoms with Crippen LogP contribution in [0, 0.1) is 6.92 Å². The molecule has 0 saturated carbocycles. The van der Waals surface area contributed by atoms with E-state index in [-0.39, 0.29) is 18.1 Å². The van der Waals surface area contributed by atoms with E-state index in [0.29, 0.717) is 23.7 Å². The maximum Gasteiger partial charge on any atom is 0.226 e. The van der Waals surface area contributed by atoms with Crippen molar-refractivity contribution >= 4 is 17.5 Å². The van der Waals surface area contributed by atoms with Gasteiger partial charge in [0, 0.05) is 12.0 Å². The van der Waals surface area contributed by atoms with Crippen molar-refractivity contribution in [1.29, 1.82) is 0 Å². The van der Waals surface area contributed by atoms with E-state index in [1.54, 1.807) is 16.8 Å². The van der Waals surface area contributed by atoms with E-state index in [1.165, 1.54) is 0 Å². The summed E-state index contributed by atoms with van der Waals surface area (Å²) in [5, 5.41) is 7.52. The van der Waals surface area contributed by atoms with Gasteiger partial charge in [-0.3, -0.25) is 9.59 Å². The number of aryl methyl sites for hydroxylation is 1. The van der Waals surface area contributed by atoms with Crippen molar-refractivity contribution in [2.45, 2.75) is 32.6 Å². The fourth-order valence-electron chi connectivity index (χ4n) is 3.72. The summed E-state index contributed by atoms with van der Waals surface area (Å²) in [5.74, 6) is 0.209. The molecule has 0 fully saturated rings.